The molecule has 0 saturated heterocycles. The van der Waals surface area contributed by atoms with Crippen molar-refractivity contribution < 1.29 is 9.53 Å². The molecule has 0 N–H and O–H groups in total. The number of aldehydes is 1. The zero-order valence-electron chi connectivity index (χ0n) is 9.19. The van der Waals surface area contributed by atoms with Gasteiger partial charge in [-0.05, 0) is 42.8 Å². The number of methoxy groups -OCH3 is 1. The molecular formula is C13H12O2S. The third-order valence-corrected chi connectivity index (χ3v) is 3.43. The summed E-state index contributed by atoms with van der Waals surface area (Å²) in [6.07, 6.45) is 0.822. The summed E-state index contributed by atoms with van der Waals surface area (Å²) >= 11 is 1.72. The number of carbonyl (C=O) groups is 1. The Hall–Kier alpha value is -1.61. The predicted molar refractivity (Wildman–Crippen MR) is 66.4 cm³/mol. The van der Waals surface area contributed by atoms with E-state index >= 15 is 0 Å². The van der Waals surface area contributed by atoms with Crippen molar-refractivity contribution in [2.75, 3.05) is 7.11 Å². The number of rotatable bonds is 3. The van der Waals surface area contributed by atoms with Crippen LogP contribution in [0, 0.1) is 6.92 Å². The van der Waals surface area contributed by atoms with Crippen LogP contribution in [-0.2, 0) is 0 Å². The standard InChI is InChI=1S/C13H12O2S/c1-9-3-6-13(16-9)10-4-5-12(15-2)11(7-10)8-14/h3-8H,1-2H3. The maximum atomic E-state index is 10.9. The quantitative estimate of drug-likeness (QED) is 0.756. The SMILES string of the molecule is COc1ccc(-c2ccc(C)s2)cc1C=O. The first-order valence-electron chi connectivity index (χ1n) is 4.94. The first-order valence-corrected chi connectivity index (χ1v) is 5.76. The van der Waals surface area contributed by atoms with Gasteiger partial charge in [-0.3, -0.25) is 4.79 Å². The van der Waals surface area contributed by atoms with Crippen LogP contribution in [0.25, 0.3) is 10.4 Å². The van der Waals surface area contributed by atoms with Gasteiger partial charge in [0.1, 0.15) is 5.75 Å². The van der Waals surface area contributed by atoms with Crippen LogP contribution < -0.4 is 4.74 Å². The second kappa shape index (κ2) is 4.49. The molecule has 16 heavy (non-hydrogen) atoms. The summed E-state index contributed by atoms with van der Waals surface area (Å²) in [4.78, 5) is 13.3. The summed E-state index contributed by atoms with van der Waals surface area (Å²) in [7, 11) is 1.57. The first-order chi connectivity index (χ1) is 7.74. The Morgan fingerprint density at radius 3 is 2.62 bits per heavy atom. The van der Waals surface area contributed by atoms with Gasteiger partial charge in [0.15, 0.2) is 6.29 Å². The second-order valence-electron chi connectivity index (χ2n) is 3.48. The highest BCUT2D eigenvalue weighted by molar-refractivity contribution is 7.15. The number of ether oxygens (including phenoxy) is 1. The molecule has 2 aromatic rings. The summed E-state index contributed by atoms with van der Waals surface area (Å²) < 4.78 is 5.10. The van der Waals surface area contributed by atoms with Crippen LogP contribution >= 0.6 is 11.3 Å². The maximum absolute atomic E-state index is 10.9. The van der Waals surface area contributed by atoms with Gasteiger partial charge in [0.05, 0.1) is 12.7 Å². The van der Waals surface area contributed by atoms with Gasteiger partial charge in [0.25, 0.3) is 0 Å². The van der Waals surface area contributed by atoms with E-state index in [0.717, 1.165) is 11.8 Å². The van der Waals surface area contributed by atoms with E-state index in [2.05, 4.69) is 19.1 Å². The number of hydrogen-bond donors (Lipinski definition) is 0. The fourth-order valence-corrected chi connectivity index (χ4v) is 2.43. The highest BCUT2D eigenvalue weighted by Gasteiger charge is 2.06. The fraction of sp³-hybridized carbons (Fsp3) is 0.154. The third kappa shape index (κ3) is 1.99. The van der Waals surface area contributed by atoms with Crippen LogP contribution in [-0.4, -0.2) is 13.4 Å². The van der Waals surface area contributed by atoms with E-state index < -0.39 is 0 Å². The Balaban J connectivity index is 2.47. The number of thiophene rings is 1. The Kier molecular flexibility index (Phi) is 3.06. The molecule has 0 aliphatic heterocycles. The summed E-state index contributed by atoms with van der Waals surface area (Å²) in [5.74, 6) is 0.618. The summed E-state index contributed by atoms with van der Waals surface area (Å²) in [6, 6.07) is 9.80. The molecule has 1 aromatic heterocycles. The summed E-state index contributed by atoms with van der Waals surface area (Å²) in [5.41, 5.74) is 1.65. The van der Waals surface area contributed by atoms with Gasteiger partial charge in [-0.15, -0.1) is 11.3 Å². The summed E-state index contributed by atoms with van der Waals surface area (Å²) in [5, 5.41) is 0. The third-order valence-electron chi connectivity index (χ3n) is 2.38. The minimum atomic E-state index is 0.589. The van der Waals surface area contributed by atoms with Gasteiger partial charge >= 0.3 is 0 Å². The molecule has 0 fully saturated rings. The molecule has 0 unspecified atom stereocenters. The van der Waals surface area contributed by atoms with Gasteiger partial charge < -0.3 is 4.74 Å². The van der Waals surface area contributed by atoms with Crippen molar-refractivity contribution >= 4 is 17.6 Å². The number of hydrogen-bond acceptors (Lipinski definition) is 3. The van der Waals surface area contributed by atoms with Gasteiger partial charge in [0.2, 0.25) is 0 Å². The zero-order valence-corrected chi connectivity index (χ0v) is 10.0. The molecule has 0 saturated carbocycles. The van der Waals surface area contributed by atoms with Crippen molar-refractivity contribution in [3.05, 3.63) is 40.8 Å². The highest BCUT2D eigenvalue weighted by atomic mass is 32.1. The largest absolute Gasteiger partial charge is 0.496 e. The maximum Gasteiger partial charge on any atom is 0.153 e. The number of aryl methyl sites for hydroxylation is 1. The average Bonchev–Trinajstić information content (AvgIpc) is 2.75. The zero-order chi connectivity index (χ0) is 11.5. The minimum Gasteiger partial charge on any atom is -0.496 e. The Bertz CT molecular complexity index is 514. The normalized spacial score (nSPS) is 10.1. The van der Waals surface area contributed by atoms with E-state index in [9.17, 15) is 4.79 Å². The van der Waals surface area contributed by atoms with Gasteiger partial charge in [-0.1, -0.05) is 0 Å². The van der Waals surface area contributed by atoms with Crippen molar-refractivity contribution in [3.8, 4) is 16.2 Å². The lowest BCUT2D eigenvalue weighted by molar-refractivity contribution is 0.112. The van der Waals surface area contributed by atoms with Crippen molar-refractivity contribution in [1.29, 1.82) is 0 Å². The van der Waals surface area contributed by atoms with Crippen LogP contribution in [0.5, 0.6) is 5.75 Å². The second-order valence-corrected chi connectivity index (χ2v) is 4.77. The molecule has 0 aliphatic rings. The Morgan fingerprint density at radius 2 is 2.06 bits per heavy atom. The Morgan fingerprint density at radius 1 is 1.25 bits per heavy atom. The van der Waals surface area contributed by atoms with E-state index in [1.165, 1.54) is 9.75 Å². The highest BCUT2D eigenvalue weighted by Crippen LogP contribution is 2.30. The molecule has 0 aliphatic carbocycles. The van der Waals surface area contributed by atoms with Crippen LogP contribution in [0.2, 0.25) is 0 Å². The van der Waals surface area contributed by atoms with Crippen molar-refractivity contribution in [2.45, 2.75) is 6.92 Å². The number of carbonyl (C=O) groups excluding carboxylic acids is 1. The van der Waals surface area contributed by atoms with Gasteiger partial charge in [0, 0.05) is 9.75 Å². The first kappa shape index (κ1) is 10.9. The van der Waals surface area contributed by atoms with E-state index in [4.69, 9.17) is 4.74 Å². The van der Waals surface area contributed by atoms with E-state index in [0.29, 0.717) is 11.3 Å². The smallest absolute Gasteiger partial charge is 0.153 e. The van der Waals surface area contributed by atoms with Crippen LogP contribution in [0.1, 0.15) is 15.2 Å². The monoisotopic (exact) mass is 232 g/mol. The topological polar surface area (TPSA) is 26.3 Å². The number of benzene rings is 1. The van der Waals surface area contributed by atoms with E-state index in [-0.39, 0.29) is 0 Å². The van der Waals surface area contributed by atoms with Crippen LogP contribution in [0.4, 0.5) is 0 Å². The van der Waals surface area contributed by atoms with Gasteiger partial charge in [-0.2, -0.15) is 0 Å². The van der Waals surface area contributed by atoms with Crippen LogP contribution in [0.15, 0.2) is 30.3 Å². The van der Waals surface area contributed by atoms with Crippen molar-refractivity contribution in [1.82, 2.24) is 0 Å². The van der Waals surface area contributed by atoms with E-state index in [1.54, 1.807) is 18.4 Å². The lowest BCUT2D eigenvalue weighted by atomic mass is 10.1. The van der Waals surface area contributed by atoms with E-state index in [1.807, 2.05) is 18.2 Å². The molecule has 2 nitrogen and oxygen atoms in total. The molecule has 0 spiro atoms. The Labute approximate surface area is 98.5 Å². The van der Waals surface area contributed by atoms with Crippen molar-refractivity contribution in [3.63, 3.8) is 0 Å². The fourth-order valence-electron chi connectivity index (χ4n) is 1.57. The lowest BCUT2D eigenvalue weighted by Crippen LogP contribution is -1.90. The molecular weight excluding hydrogens is 220 g/mol. The summed E-state index contributed by atoms with van der Waals surface area (Å²) in [6.45, 7) is 2.07. The molecule has 3 heteroatoms. The van der Waals surface area contributed by atoms with Crippen molar-refractivity contribution in [2.24, 2.45) is 0 Å². The lowest BCUT2D eigenvalue weighted by Gasteiger charge is -2.05. The molecule has 1 aromatic carbocycles. The molecule has 0 radical (unpaired) electrons. The predicted octanol–water partition coefficient (Wildman–Crippen LogP) is 3.54. The molecule has 0 atom stereocenters. The molecule has 2 rings (SSSR count). The molecule has 0 amide bonds. The minimum absolute atomic E-state index is 0.589. The molecule has 82 valence electrons. The molecule has 1 heterocycles. The molecule has 0 bridgehead atoms. The van der Waals surface area contributed by atoms with Crippen LogP contribution in [0.3, 0.4) is 0 Å². The average molecular weight is 232 g/mol. The van der Waals surface area contributed by atoms with Gasteiger partial charge in [-0.25, -0.2) is 0 Å².